The number of alkyl halides is 3. The van der Waals surface area contributed by atoms with Gasteiger partial charge in [0.1, 0.15) is 12.3 Å². The van der Waals surface area contributed by atoms with E-state index in [4.69, 9.17) is 5.26 Å². The van der Waals surface area contributed by atoms with Crippen molar-refractivity contribution in [3.63, 3.8) is 0 Å². The molecule has 0 spiro atoms. The molecule has 0 atom stereocenters. The van der Waals surface area contributed by atoms with Crippen LogP contribution in [0.4, 0.5) is 13.2 Å². The Morgan fingerprint density at radius 3 is 2.76 bits per heavy atom. The van der Waals surface area contributed by atoms with Crippen LogP contribution in [0.2, 0.25) is 0 Å². The van der Waals surface area contributed by atoms with Crippen LogP contribution >= 0.6 is 0 Å². The van der Waals surface area contributed by atoms with Crippen LogP contribution < -0.4 is 4.74 Å². The van der Waals surface area contributed by atoms with E-state index in [1.165, 1.54) is 29.1 Å². The van der Waals surface area contributed by atoms with Crippen molar-refractivity contribution in [3.05, 3.63) is 42.7 Å². The van der Waals surface area contributed by atoms with Crippen molar-refractivity contribution in [1.29, 1.82) is 5.26 Å². The van der Waals surface area contributed by atoms with Crippen molar-refractivity contribution >= 4 is 6.08 Å². The average Bonchev–Trinajstić information content (AvgIpc) is 2.86. The highest BCUT2D eigenvalue weighted by molar-refractivity contribution is 5.68. The number of benzene rings is 1. The number of aromatic nitrogens is 2. The smallest absolute Gasteiger partial charge is 0.405 e. The van der Waals surface area contributed by atoms with Gasteiger partial charge >= 0.3 is 6.36 Å². The van der Waals surface area contributed by atoms with E-state index in [0.717, 1.165) is 0 Å². The number of hydrogen-bond donors (Lipinski definition) is 0. The minimum Gasteiger partial charge on any atom is -0.405 e. The lowest BCUT2D eigenvalue weighted by Crippen LogP contribution is -2.17. The van der Waals surface area contributed by atoms with Crippen LogP contribution in [0, 0.1) is 11.3 Å². The van der Waals surface area contributed by atoms with E-state index >= 15 is 0 Å². The maximum absolute atomic E-state index is 12.4. The number of halogens is 3. The van der Waals surface area contributed by atoms with Gasteiger partial charge in [0.15, 0.2) is 0 Å². The van der Waals surface area contributed by atoms with Gasteiger partial charge in [0.2, 0.25) is 0 Å². The van der Waals surface area contributed by atoms with E-state index in [9.17, 15) is 13.2 Å². The maximum atomic E-state index is 12.4. The molecule has 1 aromatic carbocycles. The Bertz CT molecular complexity index is 698. The molecule has 4 nitrogen and oxygen atoms in total. The summed E-state index contributed by atoms with van der Waals surface area (Å²) >= 11 is 0. The minimum absolute atomic E-state index is 0.0661. The summed E-state index contributed by atoms with van der Waals surface area (Å²) in [5.74, 6) is -0.331. The van der Waals surface area contributed by atoms with Gasteiger partial charge in [0, 0.05) is 17.3 Å². The SMILES string of the molecule is C=Cc1ccc(-c2cnn(CC#N)c2)cc1OC(F)(F)F. The normalized spacial score (nSPS) is 11.0. The molecule has 0 saturated carbocycles. The molecule has 1 heterocycles. The lowest BCUT2D eigenvalue weighted by atomic mass is 10.1. The molecule has 0 aliphatic rings. The van der Waals surface area contributed by atoms with Crippen LogP contribution in [0.3, 0.4) is 0 Å². The lowest BCUT2D eigenvalue weighted by molar-refractivity contribution is -0.274. The van der Waals surface area contributed by atoms with E-state index in [1.807, 2.05) is 6.07 Å². The fourth-order valence-corrected chi connectivity index (χ4v) is 1.77. The maximum Gasteiger partial charge on any atom is 0.573 e. The zero-order valence-electron chi connectivity index (χ0n) is 10.8. The molecular weight excluding hydrogens is 283 g/mol. The van der Waals surface area contributed by atoms with Gasteiger partial charge < -0.3 is 4.74 Å². The molecular formula is C14H10F3N3O. The van der Waals surface area contributed by atoms with Crippen LogP contribution in [-0.4, -0.2) is 16.1 Å². The van der Waals surface area contributed by atoms with E-state index in [1.54, 1.807) is 12.3 Å². The highest BCUT2D eigenvalue weighted by atomic mass is 19.4. The Balaban J connectivity index is 2.38. The first-order valence-electron chi connectivity index (χ1n) is 5.85. The molecule has 0 saturated heterocycles. The Morgan fingerprint density at radius 2 is 2.14 bits per heavy atom. The third kappa shape index (κ3) is 3.63. The summed E-state index contributed by atoms with van der Waals surface area (Å²) in [5, 5.41) is 12.5. The number of rotatable bonds is 4. The third-order valence-corrected chi connectivity index (χ3v) is 2.66. The lowest BCUT2D eigenvalue weighted by Gasteiger charge is -2.12. The molecule has 0 radical (unpaired) electrons. The number of hydrogen-bond acceptors (Lipinski definition) is 3. The fourth-order valence-electron chi connectivity index (χ4n) is 1.77. The van der Waals surface area contributed by atoms with E-state index < -0.39 is 6.36 Å². The molecule has 0 aliphatic heterocycles. The first-order valence-corrected chi connectivity index (χ1v) is 5.85. The monoisotopic (exact) mass is 293 g/mol. The highest BCUT2D eigenvalue weighted by Crippen LogP contribution is 2.31. The van der Waals surface area contributed by atoms with E-state index in [0.29, 0.717) is 11.1 Å². The second kappa shape index (κ2) is 5.71. The molecule has 2 rings (SSSR count). The summed E-state index contributed by atoms with van der Waals surface area (Å²) in [6.07, 6.45) is -0.452. The van der Waals surface area contributed by atoms with Crippen LogP contribution in [-0.2, 0) is 6.54 Å². The van der Waals surface area contributed by atoms with Gasteiger partial charge in [-0.15, -0.1) is 13.2 Å². The molecule has 21 heavy (non-hydrogen) atoms. The number of ether oxygens (including phenoxy) is 1. The summed E-state index contributed by atoms with van der Waals surface area (Å²) < 4.78 is 42.5. The van der Waals surface area contributed by atoms with Gasteiger partial charge in [-0.25, -0.2) is 0 Å². The third-order valence-electron chi connectivity index (χ3n) is 2.66. The van der Waals surface area contributed by atoms with Crippen molar-refractivity contribution in [2.45, 2.75) is 12.9 Å². The molecule has 1 aromatic heterocycles. The molecule has 0 unspecified atom stereocenters. The predicted molar refractivity (Wildman–Crippen MR) is 70.1 cm³/mol. The summed E-state index contributed by atoms with van der Waals surface area (Å²) in [7, 11) is 0. The molecule has 0 amide bonds. The number of nitriles is 1. The molecule has 0 bridgehead atoms. The summed E-state index contributed by atoms with van der Waals surface area (Å²) in [4.78, 5) is 0. The number of nitrogens with zero attached hydrogens (tertiary/aromatic N) is 3. The Kier molecular flexibility index (Phi) is 3.98. The van der Waals surface area contributed by atoms with Gasteiger partial charge in [0.25, 0.3) is 0 Å². The van der Waals surface area contributed by atoms with E-state index in [-0.39, 0.29) is 17.9 Å². The first-order chi connectivity index (χ1) is 9.93. The molecule has 0 aliphatic carbocycles. The minimum atomic E-state index is -4.78. The van der Waals surface area contributed by atoms with Crippen molar-refractivity contribution in [2.24, 2.45) is 0 Å². The fraction of sp³-hybridized carbons (Fsp3) is 0.143. The zero-order chi connectivity index (χ0) is 15.5. The second-order valence-corrected chi connectivity index (χ2v) is 4.09. The first kappa shape index (κ1) is 14.7. The van der Waals surface area contributed by atoms with Crippen molar-refractivity contribution in [3.8, 4) is 22.9 Å². The van der Waals surface area contributed by atoms with Gasteiger partial charge in [-0.1, -0.05) is 24.8 Å². The topological polar surface area (TPSA) is 50.8 Å². The van der Waals surface area contributed by atoms with Gasteiger partial charge in [-0.3, -0.25) is 4.68 Å². The zero-order valence-corrected chi connectivity index (χ0v) is 10.8. The summed E-state index contributed by atoms with van der Waals surface area (Å²) in [6.45, 7) is 3.52. The van der Waals surface area contributed by atoms with Crippen LogP contribution in [0.1, 0.15) is 5.56 Å². The summed E-state index contributed by atoms with van der Waals surface area (Å²) in [5.41, 5.74) is 1.33. The average molecular weight is 293 g/mol. The predicted octanol–water partition coefficient (Wildman–Crippen LogP) is 3.62. The molecule has 0 N–H and O–H groups in total. The quantitative estimate of drug-likeness (QED) is 0.865. The Labute approximate surface area is 118 Å². The molecule has 7 heteroatoms. The van der Waals surface area contributed by atoms with Crippen LogP contribution in [0.15, 0.2) is 37.2 Å². The summed E-state index contributed by atoms with van der Waals surface area (Å²) in [6, 6.07) is 6.30. The van der Waals surface area contributed by atoms with Gasteiger partial charge in [-0.2, -0.15) is 10.4 Å². The van der Waals surface area contributed by atoms with Crippen molar-refractivity contribution in [1.82, 2.24) is 9.78 Å². The van der Waals surface area contributed by atoms with Gasteiger partial charge in [0.05, 0.1) is 12.3 Å². The van der Waals surface area contributed by atoms with Gasteiger partial charge in [-0.05, 0) is 11.6 Å². The molecule has 108 valence electrons. The van der Waals surface area contributed by atoms with E-state index in [2.05, 4.69) is 16.4 Å². The molecule has 0 fully saturated rings. The molecule has 2 aromatic rings. The Hall–Kier alpha value is -2.75. The van der Waals surface area contributed by atoms with Crippen LogP contribution in [0.25, 0.3) is 17.2 Å². The van der Waals surface area contributed by atoms with Crippen LogP contribution in [0.5, 0.6) is 5.75 Å². The standard InChI is InChI=1S/C14H10F3N3O/c1-2-10-3-4-11(7-13(10)21-14(15,16)17)12-8-19-20(9-12)6-5-18/h2-4,7-9H,1,6H2. The largest absolute Gasteiger partial charge is 0.573 e. The van der Waals surface area contributed by atoms with Crippen molar-refractivity contribution < 1.29 is 17.9 Å². The Morgan fingerprint density at radius 1 is 1.38 bits per heavy atom. The van der Waals surface area contributed by atoms with Crippen molar-refractivity contribution in [2.75, 3.05) is 0 Å². The highest BCUT2D eigenvalue weighted by Gasteiger charge is 2.32. The second-order valence-electron chi connectivity index (χ2n) is 4.09.